The third kappa shape index (κ3) is 2.78. The number of hydrogen-bond acceptors (Lipinski definition) is 2. The van der Waals surface area contributed by atoms with Crippen LogP contribution in [0.4, 0.5) is 8.78 Å². The van der Waals surface area contributed by atoms with Gasteiger partial charge in [-0.25, -0.2) is 8.78 Å². The first-order valence-electron chi connectivity index (χ1n) is 5.72. The maximum atomic E-state index is 13.6. The van der Waals surface area contributed by atoms with Crippen molar-refractivity contribution in [2.24, 2.45) is 0 Å². The van der Waals surface area contributed by atoms with Crippen LogP contribution < -0.4 is 4.74 Å². The molecule has 0 heterocycles. The van der Waals surface area contributed by atoms with Crippen LogP contribution in [0.2, 0.25) is 0 Å². The normalized spacial score (nSPS) is 10.3. The van der Waals surface area contributed by atoms with E-state index in [4.69, 9.17) is 4.74 Å². The van der Waals surface area contributed by atoms with Gasteiger partial charge in [0.1, 0.15) is 23.1 Å². The Labute approximate surface area is 109 Å². The maximum absolute atomic E-state index is 13.6. The number of rotatable bonds is 3. The second-order valence-electron chi connectivity index (χ2n) is 4.18. The Balaban J connectivity index is 2.46. The first kappa shape index (κ1) is 13.2. The molecule has 2 aromatic carbocycles. The van der Waals surface area contributed by atoms with Gasteiger partial charge in [0, 0.05) is 6.07 Å². The molecule has 0 aliphatic rings. The second kappa shape index (κ2) is 5.18. The molecule has 0 bridgehead atoms. The molecule has 0 fully saturated rings. The highest BCUT2D eigenvalue weighted by atomic mass is 19.1. The summed E-state index contributed by atoms with van der Waals surface area (Å²) >= 11 is 0. The van der Waals surface area contributed by atoms with Gasteiger partial charge in [-0.15, -0.1) is 0 Å². The molecule has 0 N–H and O–H groups in total. The third-order valence-electron chi connectivity index (χ3n) is 2.70. The van der Waals surface area contributed by atoms with E-state index in [9.17, 15) is 13.6 Å². The van der Waals surface area contributed by atoms with Crippen molar-refractivity contribution in [2.75, 3.05) is 0 Å². The quantitative estimate of drug-likeness (QED) is 0.772. The molecule has 19 heavy (non-hydrogen) atoms. The average Bonchev–Trinajstić information content (AvgIpc) is 2.33. The van der Waals surface area contributed by atoms with Crippen LogP contribution in [0.1, 0.15) is 22.8 Å². The monoisotopic (exact) mass is 262 g/mol. The van der Waals surface area contributed by atoms with Gasteiger partial charge in [-0.3, -0.25) is 4.79 Å². The predicted octanol–water partition coefficient (Wildman–Crippen LogP) is 4.27. The van der Waals surface area contributed by atoms with E-state index < -0.39 is 17.4 Å². The van der Waals surface area contributed by atoms with Gasteiger partial charge in [0.15, 0.2) is 5.78 Å². The fraction of sp³-hybridized carbons (Fsp3) is 0.133. The van der Waals surface area contributed by atoms with Crippen molar-refractivity contribution < 1.29 is 18.3 Å². The van der Waals surface area contributed by atoms with E-state index in [-0.39, 0.29) is 17.1 Å². The Morgan fingerprint density at radius 1 is 1.11 bits per heavy atom. The van der Waals surface area contributed by atoms with Crippen LogP contribution >= 0.6 is 0 Å². The molecule has 0 radical (unpaired) electrons. The number of ether oxygens (including phenoxy) is 1. The lowest BCUT2D eigenvalue weighted by atomic mass is 10.1. The number of Topliss-reactive ketones (excluding diaryl/α,β-unsaturated/α-hetero) is 1. The summed E-state index contributed by atoms with van der Waals surface area (Å²) < 4.78 is 32.2. The van der Waals surface area contributed by atoms with Crippen LogP contribution in [0, 0.1) is 18.6 Å². The molecule has 2 aromatic rings. The van der Waals surface area contributed by atoms with Crippen molar-refractivity contribution >= 4 is 5.78 Å². The van der Waals surface area contributed by atoms with E-state index in [2.05, 4.69) is 0 Å². The van der Waals surface area contributed by atoms with Gasteiger partial charge in [0.25, 0.3) is 0 Å². The summed E-state index contributed by atoms with van der Waals surface area (Å²) in [5.41, 5.74) is 0.561. The fourth-order valence-electron chi connectivity index (χ4n) is 1.73. The minimum absolute atomic E-state index is 0.0844. The molecule has 0 amide bonds. The minimum atomic E-state index is -0.654. The average molecular weight is 262 g/mol. The molecule has 0 saturated heterocycles. The summed E-state index contributed by atoms with van der Waals surface area (Å²) in [6.07, 6.45) is 0. The summed E-state index contributed by atoms with van der Waals surface area (Å²) in [4.78, 5) is 11.4. The van der Waals surface area contributed by atoms with Crippen molar-refractivity contribution in [3.8, 4) is 11.5 Å². The molecule has 0 saturated carbocycles. The molecular formula is C15H12F2O2. The van der Waals surface area contributed by atoms with Crippen LogP contribution in [-0.4, -0.2) is 5.78 Å². The highest BCUT2D eigenvalue weighted by molar-refractivity contribution is 5.97. The smallest absolute Gasteiger partial charge is 0.166 e. The third-order valence-corrected chi connectivity index (χ3v) is 2.70. The molecular weight excluding hydrogens is 250 g/mol. The lowest BCUT2D eigenvalue weighted by Gasteiger charge is -2.12. The zero-order valence-corrected chi connectivity index (χ0v) is 10.5. The van der Waals surface area contributed by atoms with Crippen LogP contribution in [0.15, 0.2) is 36.4 Å². The highest BCUT2D eigenvalue weighted by Crippen LogP contribution is 2.30. The summed E-state index contributed by atoms with van der Waals surface area (Å²) in [6.45, 7) is 2.99. The van der Waals surface area contributed by atoms with Gasteiger partial charge in [0.2, 0.25) is 0 Å². The number of aryl methyl sites for hydroxylation is 1. The van der Waals surface area contributed by atoms with Crippen LogP contribution in [-0.2, 0) is 0 Å². The van der Waals surface area contributed by atoms with Gasteiger partial charge in [0.05, 0.1) is 5.56 Å². The number of benzene rings is 2. The topological polar surface area (TPSA) is 26.3 Å². The molecule has 98 valence electrons. The Hall–Kier alpha value is -2.23. The van der Waals surface area contributed by atoms with Gasteiger partial charge >= 0.3 is 0 Å². The number of carbonyl (C=O) groups excluding carboxylic acids is 1. The summed E-state index contributed by atoms with van der Waals surface area (Å²) in [7, 11) is 0. The summed E-state index contributed by atoms with van der Waals surface area (Å²) in [5.74, 6) is -1.21. The van der Waals surface area contributed by atoms with Gasteiger partial charge in [-0.2, -0.15) is 0 Å². The van der Waals surface area contributed by atoms with Gasteiger partial charge in [-0.1, -0.05) is 12.1 Å². The standard InChI is InChI=1S/C15H12F2O2/c1-9-6-7-11(16)8-14(9)19-13-5-3-4-12(17)15(13)10(2)18/h3-8H,1-2H3. The molecule has 2 nitrogen and oxygen atoms in total. The SMILES string of the molecule is CC(=O)c1c(F)cccc1Oc1cc(F)ccc1C. The summed E-state index contributed by atoms with van der Waals surface area (Å²) in [5, 5.41) is 0. The highest BCUT2D eigenvalue weighted by Gasteiger charge is 2.15. The van der Waals surface area contributed by atoms with E-state index >= 15 is 0 Å². The van der Waals surface area contributed by atoms with Crippen LogP contribution in [0.3, 0.4) is 0 Å². The molecule has 4 heteroatoms. The molecule has 2 rings (SSSR count). The predicted molar refractivity (Wildman–Crippen MR) is 67.6 cm³/mol. The molecule has 0 spiro atoms. The van der Waals surface area contributed by atoms with E-state index in [1.807, 2.05) is 0 Å². The van der Waals surface area contributed by atoms with Crippen molar-refractivity contribution in [1.82, 2.24) is 0 Å². The van der Waals surface area contributed by atoms with Crippen molar-refractivity contribution in [3.63, 3.8) is 0 Å². The number of hydrogen-bond donors (Lipinski definition) is 0. The number of ketones is 1. The number of halogens is 2. The van der Waals surface area contributed by atoms with Crippen LogP contribution in [0.5, 0.6) is 11.5 Å². The molecule has 0 aliphatic carbocycles. The molecule has 0 aliphatic heterocycles. The first-order valence-corrected chi connectivity index (χ1v) is 5.72. The Bertz CT molecular complexity index is 636. The van der Waals surface area contributed by atoms with Crippen molar-refractivity contribution in [1.29, 1.82) is 0 Å². The van der Waals surface area contributed by atoms with E-state index in [1.54, 1.807) is 13.0 Å². The zero-order chi connectivity index (χ0) is 14.0. The molecule has 0 unspecified atom stereocenters. The van der Waals surface area contributed by atoms with E-state index in [1.165, 1.54) is 37.3 Å². The van der Waals surface area contributed by atoms with Crippen molar-refractivity contribution in [2.45, 2.75) is 13.8 Å². The van der Waals surface area contributed by atoms with E-state index in [0.29, 0.717) is 5.56 Å². The minimum Gasteiger partial charge on any atom is -0.456 e. The molecule has 0 aromatic heterocycles. The summed E-state index contributed by atoms with van der Waals surface area (Å²) in [6, 6.07) is 8.15. The second-order valence-corrected chi connectivity index (χ2v) is 4.18. The maximum Gasteiger partial charge on any atom is 0.166 e. The first-order chi connectivity index (χ1) is 8.99. The largest absolute Gasteiger partial charge is 0.456 e. The van der Waals surface area contributed by atoms with Crippen LogP contribution in [0.25, 0.3) is 0 Å². The van der Waals surface area contributed by atoms with Gasteiger partial charge in [-0.05, 0) is 37.6 Å². The van der Waals surface area contributed by atoms with Crippen molar-refractivity contribution in [3.05, 3.63) is 59.2 Å². The Morgan fingerprint density at radius 3 is 2.53 bits per heavy atom. The zero-order valence-electron chi connectivity index (χ0n) is 10.5. The Morgan fingerprint density at radius 2 is 1.84 bits per heavy atom. The molecule has 0 atom stereocenters. The lowest BCUT2D eigenvalue weighted by Crippen LogP contribution is -2.01. The lowest BCUT2D eigenvalue weighted by molar-refractivity contribution is 0.101. The Kier molecular flexibility index (Phi) is 3.60. The van der Waals surface area contributed by atoms with E-state index in [0.717, 1.165) is 0 Å². The van der Waals surface area contributed by atoms with Gasteiger partial charge < -0.3 is 4.74 Å². The number of carbonyl (C=O) groups is 1. The fourth-order valence-corrected chi connectivity index (χ4v) is 1.73.